The molecule has 0 heterocycles. The van der Waals surface area contributed by atoms with E-state index in [1.165, 1.54) is 71.6 Å². The molecular formula is C36H48Cl3N3SiTi. The van der Waals surface area contributed by atoms with Crippen LogP contribution in [0.25, 0.3) is 0 Å². The molecule has 0 saturated carbocycles. The number of halogens is 3. The first kappa shape index (κ1) is 42.2. The Hall–Kier alpha value is -1.79. The van der Waals surface area contributed by atoms with Crippen molar-refractivity contribution >= 4 is 45.9 Å². The molecule has 0 aromatic heterocycles. The first-order valence-electron chi connectivity index (χ1n) is 14.3. The number of benzene rings is 3. The molecule has 0 aliphatic heterocycles. The van der Waals surface area contributed by atoms with Crippen LogP contribution in [0.4, 0.5) is 17.1 Å². The Morgan fingerprint density at radius 3 is 1.00 bits per heavy atom. The van der Waals surface area contributed by atoms with Gasteiger partial charge in [-0.3, -0.25) is 0 Å². The molecule has 4 aromatic rings. The predicted molar refractivity (Wildman–Crippen MR) is 182 cm³/mol. The Balaban J connectivity index is 0.00000462. The number of hydrogen-bond donors (Lipinski definition) is 0. The predicted octanol–water partition coefficient (Wildman–Crippen LogP) is -3.85. The zero-order valence-corrected chi connectivity index (χ0v) is 33.5. The molecule has 0 fully saturated rings. The summed E-state index contributed by atoms with van der Waals surface area (Å²) in [6.07, 6.45) is 0. The van der Waals surface area contributed by atoms with Gasteiger partial charge in [-0.1, -0.05) is 45.9 Å². The van der Waals surface area contributed by atoms with E-state index in [2.05, 4.69) is 160 Å². The van der Waals surface area contributed by atoms with Gasteiger partial charge in [0.25, 0.3) is 0 Å². The van der Waals surface area contributed by atoms with Crippen LogP contribution in [0.3, 0.4) is 0 Å². The number of hydrogen-bond acceptors (Lipinski definition) is 3. The fourth-order valence-corrected chi connectivity index (χ4v) is 12.8. The molecule has 0 unspecified atom stereocenters. The van der Waals surface area contributed by atoms with Crippen LogP contribution in [0.1, 0.15) is 38.9 Å². The maximum absolute atomic E-state index is 2.76. The quantitative estimate of drug-likeness (QED) is 0.111. The van der Waals surface area contributed by atoms with Crippen LogP contribution in [0, 0.1) is 48.5 Å². The number of nitrogens with zero attached hydrogens (tertiary/aromatic N) is 3. The second-order valence-corrected chi connectivity index (χ2v) is 15.9. The molecule has 0 spiro atoms. The zero-order valence-electron chi connectivity index (χ0n) is 28.7. The molecule has 0 aliphatic rings. The van der Waals surface area contributed by atoms with E-state index in [4.69, 9.17) is 0 Å². The third-order valence-electron chi connectivity index (χ3n) is 9.20. The van der Waals surface area contributed by atoms with E-state index in [1.54, 1.807) is 5.19 Å². The summed E-state index contributed by atoms with van der Waals surface area (Å²) in [5, 5.41) is 6.01. The minimum Gasteiger partial charge on any atom is -1.00 e. The molecule has 0 radical (unpaired) electrons. The van der Waals surface area contributed by atoms with Gasteiger partial charge in [-0.05, 0) is 89.4 Å². The summed E-state index contributed by atoms with van der Waals surface area (Å²) in [6, 6.07) is 21.5. The smallest absolute Gasteiger partial charge is 1.00 e. The summed E-state index contributed by atoms with van der Waals surface area (Å²) in [7, 11) is 10.0. The standard InChI is InChI=1S/C36H48N3Si.3ClH.Ti/c1-23-20-30(37(8)9)14-17-33(23)40(36-28(6)26(4)27(5)29(36)7,34-18-15-31(38(10)11)21-24(34)2)35-19-16-32(39(12)13)22-25(35)3;;;;/h14-22H,1-13H3;3*1H;/q-1;;;;+4/p-3. The van der Waals surface area contributed by atoms with Crippen molar-refractivity contribution in [3.63, 3.8) is 0 Å². The third-order valence-corrected chi connectivity index (χ3v) is 14.8. The summed E-state index contributed by atoms with van der Waals surface area (Å²) in [5.74, 6) is 0. The van der Waals surface area contributed by atoms with E-state index in [0.717, 1.165) is 0 Å². The van der Waals surface area contributed by atoms with Crippen LogP contribution in [-0.4, -0.2) is 50.4 Å². The van der Waals surface area contributed by atoms with Gasteiger partial charge in [-0.25, -0.2) is 0 Å². The monoisotopic (exact) mass is 703 g/mol. The Labute approximate surface area is 301 Å². The summed E-state index contributed by atoms with van der Waals surface area (Å²) in [5.41, 5.74) is 13.6. The van der Waals surface area contributed by atoms with Gasteiger partial charge in [-0.15, -0.1) is 0 Å². The van der Waals surface area contributed by atoms with Crippen LogP contribution in [-0.2, 0) is 21.7 Å². The van der Waals surface area contributed by atoms with E-state index in [-0.39, 0.29) is 58.9 Å². The van der Waals surface area contributed by atoms with Crippen molar-refractivity contribution in [1.82, 2.24) is 0 Å². The van der Waals surface area contributed by atoms with Crippen LogP contribution < -0.4 is 72.7 Å². The summed E-state index contributed by atoms with van der Waals surface area (Å²) >= 11 is 0. The number of aryl methyl sites for hydroxylation is 3. The minimum absolute atomic E-state index is 0. The van der Waals surface area contributed by atoms with Gasteiger partial charge in [0.2, 0.25) is 0 Å². The van der Waals surface area contributed by atoms with Crippen molar-refractivity contribution in [3.8, 4) is 0 Å². The van der Waals surface area contributed by atoms with E-state index in [9.17, 15) is 0 Å². The molecule has 236 valence electrons. The fraction of sp³-hybridized carbons (Fsp3) is 0.361. The summed E-state index contributed by atoms with van der Waals surface area (Å²) in [4.78, 5) is 6.63. The van der Waals surface area contributed by atoms with Gasteiger partial charge in [0, 0.05) is 59.3 Å². The molecule has 0 amide bonds. The van der Waals surface area contributed by atoms with Gasteiger partial charge < -0.3 is 51.9 Å². The van der Waals surface area contributed by atoms with Gasteiger partial charge in [0.15, 0.2) is 8.07 Å². The average molecular weight is 705 g/mol. The molecule has 4 rings (SSSR count). The van der Waals surface area contributed by atoms with Crippen LogP contribution in [0.5, 0.6) is 0 Å². The summed E-state index contributed by atoms with van der Waals surface area (Å²) in [6.45, 7) is 16.3. The van der Waals surface area contributed by atoms with Crippen molar-refractivity contribution in [1.29, 1.82) is 0 Å². The first-order chi connectivity index (χ1) is 18.7. The van der Waals surface area contributed by atoms with Crippen molar-refractivity contribution < 1.29 is 58.9 Å². The SMILES string of the molecule is Cc1cc(N(C)C)ccc1[Si](c1ccc(N(C)C)cc1C)(c1ccc(N(C)C)cc1C)c1c(C)c(C)c(C)[c-]1C.[Cl-].[Cl-].[Cl-].[Ti+4]. The Bertz CT molecular complexity index is 1410. The molecule has 0 atom stereocenters. The molecule has 44 heavy (non-hydrogen) atoms. The normalized spacial score (nSPS) is 10.6. The maximum atomic E-state index is 2.45. The summed E-state index contributed by atoms with van der Waals surface area (Å²) < 4.78 is 0. The Morgan fingerprint density at radius 2 is 0.795 bits per heavy atom. The molecule has 8 heteroatoms. The molecule has 0 aliphatic carbocycles. The van der Waals surface area contributed by atoms with Crippen LogP contribution in [0.15, 0.2) is 54.6 Å². The molecule has 4 aromatic carbocycles. The van der Waals surface area contributed by atoms with E-state index in [0.29, 0.717) is 0 Å². The van der Waals surface area contributed by atoms with E-state index >= 15 is 0 Å². The average Bonchev–Trinajstić information content (AvgIpc) is 3.08. The Morgan fingerprint density at radius 1 is 0.500 bits per heavy atom. The largest absolute Gasteiger partial charge is 4.00 e. The van der Waals surface area contributed by atoms with Gasteiger partial charge in [0.1, 0.15) is 0 Å². The van der Waals surface area contributed by atoms with Gasteiger partial charge >= 0.3 is 21.7 Å². The van der Waals surface area contributed by atoms with Crippen LogP contribution in [0.2, 0.25) is 0 Å². The first-order valence-corrected chi connectivity index (χ1v) is 16.3. The van der Waals surface area contributed by atoms with E-state index in [1.807, 2.05) is 0 Å². The maximum Gasteiger partial charge on any atom is 4.00 e. The van der Waals surface area contributed by atoms with Gasteiger partial charge in [-0.2, -0.15) is 27.4 Å². The molecule has 0 bridgehead atoms. The fourth-order valence-electron chi connectivity index (χ4n) is 6.66. The van der Waals surface area contributed by atoms with Gasteiger partial charge in [0.05, 0.1) is 0 Å². The molecular weight excluding hydrogens is 657 g/mol. The third kappa shape index (κ3) is 7.12. The molecule has 0 saturated heterocycles. The molecule has 3 nitrogen and oxygen atoms in total. The van der Waals surface area contributed by atoms with E-state index < -0.39 is 8.07 Å². The van der Waals surface area contributed by atoms with Crippen molar-refractivity contribution in [2.24, 2.45) is 0 Å². The second kappa shape index (κ2) is 16.2. The van der Waals surface area contributed by atoms with Crippen molar-refractivity contribution in [2.75, 3.05) is 57.0 Å². The zero-order chi connectivity index (χ0) is 29.7. The topological polar surface area (TPSA) is 9.72 Å². The number of anilines is 3. The molecule has 0 N–H and O–H groups in total. The number of rotatable bonds is 7. The Kier molecular flexibility index (Phi) is 15.5. The van der Waals surface area contributed by atoms with Crippen molar-refractivity contribution in [2.45, 2.75) is 48.5 Å². The van der Waals surface area contributed by atoms with Crippen molar-refractivity contribution in [3.05, 3.63) is 93.5 Å². The second-order valence-electron chi connectivity index (χ2n) is 12.3. The minimum atomic E-state index is -2.76. The van der Waals surface area contributed by atoms with Crippen LogP contribution >= 0.6 is 0 Å².